The third-order valence-electron chi connectivity index (χ3n) is 3.71. The number of esters is 1. The number of hydrogen-bond donors (Lipinski definition) is 0. The summed E-state index contributed by atoms with van der Waals surface area (Å²) in [7, 11) is 3.03. The highest BCUT2D eigenvalue weighted by Crippen LogP contribution is 2.25. The molecule has 3 rings (SSSR count). The Hall–Kier alpha value is -3.14. The summed E-state index contributed by atoms with van der Waals surface area (Å²) in [6.07, 6.45) is 1.47. The van der Waals surface area contributed by atoms with Crippen molar-refractivity contribution in [1.82, 2.24) is 14.6 Å². The molecule has 2 aromatic heterocycles. The van der Waals surface area contributed by atoms with Crippen molar-refractivity contribution >= 4 is 28.5 Å². The Morgan fingerprint density at radius 2 is 2.00 bits per heavy atom. The first kappa shape index (κ1) is 19.6. The number of hydrogen-bond acceptors (Lipinski definition) is 9. The third kappa shape index (κ3) is 4.77. The molecule has 0 bridgehead atoms. The van der Waals surface area contributed by atoms with Gasteiger partial charge in [-0.2, -0.15) is 5.10 Å². The first-order valence-electron chi connectivity index (χ1n) is 8.42. The van der Waals surface area contributed by atoms with Crippen molar-refractivity contribution in [3.8, 4) is 11.5 Å². The Morgan fingerprint density at radius 1 is 1.25 bits per heavy atom. The summed E-state index contributed by atoms with van der Waals surface area (Å²) in [6.45, 7) is 2.10. The second kappa shape index (κ2) is 9.18. The number of nitrogens with zero attached hydrogens (tertiary/aromatic N) is 4. The van der Waals surface area contributed by atoms with E-state index in [0.29, 0.717) is 16.5 Å². The van der Waals surface area contributed by atoms with Crippen LogP contribution in [0.15, 0.2) is 29.4 Å². The quantitative estimate of drug-likeness (QED) is 0.307. The topological polar surface area (TPSA) is 96.5 Å². The Kier molecular flexibility index (Phi) is 6.43. The summed E-state index contributed by atoms with van der Waals surface area (Å²) in [5.41, 5.74) is 0.763. The number of thiazole rings is 1. The molecule has 0 radical (unpaired) electrons. The van der Waals surface area contributed by atoms with Crippen LogP contribution in [0.25, 0.3) is 4.96 Å². The monoisotopic (exact) mass is 404 g/mol. The maximum Gasteiger partial charge on any atom is 0.311 e. The van der Waals surface area contributed by atoms with Gasteiger partial charge in [0.1, 0.15) is 37.6 Å². The van der Waals surface area contributed by atoms with Crippen LogP contribution >= 0.6 is 11.3 Å². The minimum absolute atomic E-state index is 0.0459. The molecule has 0 saturated carbocycles. The molecule has 1 aromatic carbocycles. The van der Waals surface area contributed by atoms with E-state index < -0.39 is 0 Å². The number of rotatable bonds is 9. The smallest absolute Gasteiger partial charge is 0.311 e. The molecule has 10 heteroatoms. The fourth-order valence-electron chi connectivity index (χ4n) is 2.45. The van der Waals surface area contributed by atoms with Crippen molar-refractivity contribution in [3.05, 3.63) is 40.7 Å². The molecule has 0 saturated heterocycles. The number of carbonyl (C=O) groups is 1. The number of benzene rings is 1. The second-order valence-corrected chi connectivity index (χ2v) is 6.68. The molecule has 0 aliphatic rings. The molecule has 0 spiro atoms. The predicted octanol–water partition coefficient (Wildman–Crippen LogP) is 2.40. The molecule has 0 unspecified atom stereocenters. The number of aromatic nitrogens is 3. The SMILES string of the molecule is CON=CCOC(=O)Cc1sc2nc(C)nn2c1COc1ccc(OC)cc1. The summed E-state index contributed by atoms with van der Waals surface area (Å²) in [4.78, 5) is 22.5. The third-order valence-corrected chi connectivity index (χ3v) is 4.79. The first-order chi connectivity index (χ1) is 13.6. The van der Waals surface area contributed by atoms with Crippen molar-refractivity contribution in [3.63, 3.8) is 0 Å². The van der Waals surface area contributed by atoms with Gasteiger partial charge in [-0.1, -0.05) is 16.5 Å². The fourth-order valence-corrected chi connectivity index (χ4v) is 3.53. The summed E-state index contributed by atoms with van der Waals surface area (Å²) in [5.74, 6) is 1.70. The highest BCUT2D eigenvalue weighted by molar-refractivity contribution is 7.17. The van der Waals surface area contributed by atoms with Gasteiger partial charge in [-0.25, -0.2) is 9.50 Å². The van der Waals surface area contributed by atoms with Gasteiger partial charge >= 0.3 is 5.97 Å². The van der Waals surface area contributed by atoms with Crippen LogP contribution in [0.1, 0.15) is 16.4 Å². The molecule has 0 aliphatic carbocycles. The summed E-state index contributed by atoms with van der Waals surface area (Å²) in [6, 6.07) is 7.27. The van der Waals surface area contributed by atoms with Crippen LogP contribution < -0.4 is 9.47 Å². The minimum atomic E-state index is -0.380. The largest absolute Gasteiger partial charge is 0.497 e. The Balaban J connectivity index is 1.73. The normalized spacial score (nSPS) is 11.1. The van der Waals surface area contributed by atoms with Gasteiger partial charge in [-0.3, -0.25) is 4.79 Å². The Bertz CT molecular complexity index is 964. The molecule has 148 valence electrons. The van der Waals surface area contributed by atoms with Gasteiger partial charge in [-0.15, -0.1) is 0 Å². The first-order valence-corrected chi connectivity index (χ1v) is 9.23. The van der Waals surface area contributed by atoms with Gasteiger partial charge in [0, 0.05) is 4.88 Å². The maximum absolute atomic E-state index is 12.1. The molecule has 28 heavy (non-hydrogen) atoms. The lowest BCUT2D eigenvalue weighted by molar-refractivity contribution is -0.141. The standard InChI is InChI=1S/C18H20N4O5S/c1-12-20-18-22(21-12)15(11-27-14-6-4-13(24-2)5-7-14)16(28-18)10-17(23)26-9-8-19-25-3/h4-8H,9-11H2,1-3H3. The number of fused-ring (bicyclic) bond motifs is 1. The average molecular weight is 404 g/mol. The van der Waals surface area contributed by atoms with E-state index in [0.717, 1.165) is 16.3 Å². The van der Waals surface area contributed by atoms with Crippen LogP contribution in [0, 0.1) is 6.92 Å². The molecule has 0 fully saturated rings. The van der Waals surface area contributed by atoms with Gasteiger partial charge < -0.3 is 19.0 Å². The van der Waals surface area contributed by atoms with Crippen LogP contribution in [0.4, 0.5) is 0 Å². The number of ether oxygens (including phenoxy) is 3. The van der Waals surface area contributed by atoms with Crippen LogP contribution in [0.3, 0.4) is 0 Å². The Morgan fingerprint density at radius 3 is 2.71 bits per heavy atom. The predicted molar refractivity (Wildman–Crippen MR) is 103 cm³/mol. The van der Waals surface area contributed by atoms with Crippen molar-refractivity contribution in [1.29, 1.82) is 0 Å². The summed E-state index contributed by atoms with van der Waals surface area (Å²) >= 11 is 1.39. The molecular weight excluding hydrogens is 384 g/mol. The Labute approximate surface area is 165 Å². The summed E-state index contributed by atoms with van der Waals surface area (Å²) < 4.78 is 17.8. The number of oxime groups is 1. The van der Waals surface area contributed by atoms with Gasteiger partial charge in [0.25, 0.3) is 0 Å². The molecule has 0 amide bonds. The van der Waals surface area contributed by atoms with E-state index in [4.69, 9.17) is 14.2 Å². The lowest BCUT2D eigenvalue weighted by Gasteiger charge is -2.08. The highest BCUT2D eigenvalue weighted by Gasteiger charge is 2.19. The summed E-state index contributed by atoms with van der Waals surface area (Å²) in [5, 5.41) is 7.92. The zero-order valence-corrected chi connectivity index (χ0v) is 16.6. The zero-order valence-electron chi connectivity index (χ0n) is 15.7. The van der Waals surface area contributed by atoms with Crippen LogP contribution in [-0.4, -0.2) is 47.6 Å². The molecule has 9 nitrogen and oxygen atoms in total. The molecule has 3 aromatic rings. The van der Waals surface area contributed by atoms with Gasteiger partial charge in [-0.05, 0) is 31.2 Å². The van der Waals surface area contributed by atoms with E-state index in [9.17, 15) is 4.79 Å². The van der Waals surface area contributed by atoms with Crippen molar-refractivity contribution < 1.29 is 23.8 Å². The van der Waals surface area contributed by atoms with Gasteiger partial charge in [0.15, 0.2) is 0 Å². The average Bonchev–Trinajstić information content (AvgIpc) is 3.19. The van der Waals surface area contributed by atoms with E-state index in [1.807, 2.05) is 31.2 Å². The highest BCUT2D eigenvalue weighted by atomic mass is 32.1. The molecule has 0 N–H and O–H groups in total. The van der Waals surface area contributed by atoms with Gasteiger partial charge in [0.2, 0.25) is 4.96 Å². The van der Waals surface area contributed by atoms with Crippen LogP contribution in [-0.2, 0) is 27.4 Å². The van der Waals surface area contributed by atoms with Gasteiger partial charge in [0.05, 0.1) is 25.4 Å². The van der Waals surface area contributed by atoms with Crippen molar-refractivity contribution in [2.45, 2.75) is 20.0 Å². The van der Waals surface area contributed by atoms with Crippen molar-refractivity contribution in [2.24, 2.45) is 5.16 Å². The minimum Gasteiger partial charge on any atom is -0.497 e. The second-order valence-electron chi connectivity index (χ2n) is 5.62. The van der Waals surface area contributed by atoms with E-state index >= 15 is 0 Å². The van der Waals surface area contributed by atoms with E-state index in [2.05, 4.69) is 20.1 Å². The molecule has 2 heterocycles. The zero-order chi connectivity index (χ0) is 19.9. The number of aryl methyl sites for hydroxylation is 1. The van der Waals surface area contributed by atoms with E-state index in [-0.39, 0.29) is 25.6 Å². The number of carbonyl (C=O) groups excluding carboxylic acids is 1. The van der Waals surface area contributed by atoms with E-state index in [1.54, 1.807) is 11.6 Å². The number of methoxy groups -OCH3 is 1. The fraction of sp³-hybridized carbons (Fsp3) is 0.333. The molecular formula is C18H20N4O5S. The lowest BCUT2D eigenvalue weighted by atomic mass is 10.3. The lowest BCUT2D eigenvalue weighted by Crippen LogP contribution is -2.12. The van der Waals surface area contributed by atoms with Crippen molar-refractivity contribution in [2.75, 3.05) is 20.8 Å². The van der Waals surface area contributed by atoms with E-state index in [1.165, 1.54) is 24.7 Å². The molecule has 0 atom stereocenters. The maximum atomic E-state index is 12.1. The van der Waals surface area contributed by atoms with Crippen LogP contribution in [0.2, 0.25) is 0 Å². The molecule has 0 aliphatic heterocycles. The van der Waals surface area contributed by atoms with Crippen LogP contribution in [0.5, 0.6) is 11.5 Å².